The van der Waals surface area contributed by atoms with Crippen LogP contribution in [0.3, 0.4) is 0 Å². The van der Waals surface area contributed by atoms with Crippen LogP contribution in [-0.2, 0) is 4.79 Å². The fourth-order valence-electron chi connectivity index (χ4n) is 3.49. The van der Waals surface area contributed by atoms with Crippen molar-refractivity contribution in [1.29, 1.82) is 0 Å². The van der Waals surface area contributed by atoms with Gasteiger partial charge in [-0.15, -0.1) is 13.2 Å². The van der Waals surface area contributed by atoms with Crippen LogP contribution in [0.5, 0.6) is 5.75 Å². The molecule has 0 bridgehead atoms. The summed E-state index contributed by atoms with van der Waals surface area (Å²) in [5.74, 6) is -4.59. The van der Waals surface area contributed by atoms with Crippen molar-refractivity contribution in [1.82, 2.24) is 20.2 Å². The van der Waals surface area contributed by atoms with Crippen LogP contribution in [0.4, 0.5) is 33.6 Å². The fourth-order valence-corrected chi connectivity index (χ4v) is 3.49. The SMILES string of the molecule is CC(=O)NC[C@H]1CCC(F)(F)CN1C(=O)c1cc(Nc2cc(OC(F)(F)F)ccn2)ncc1C. The Morgan fingerprint density at radius 2 is 1.94 bits per heavy atom. The Balaban J connectivity index is 1.83. The number of piperidine rings is 1. The minimum atomic E-state index is -4.88. The molecule has 3 rings (SSSR count). The Bertz CT molecular complexity index is 1060. The van der Waals surface area contributed by atoms with Crippen LogP contribution >= 0.6 is 0 Å². The van der Waals surface area contributed by atoms with E-state index in [1.807, 2.05) is 0 Å². The van der Waals surface area contributed by atoms with Crippen molar-refractivity contribution >= 4 is 23.5 Å². The lowest BCUT2D eigenvalue weighted by molar-refractivity contribution is -0.274. The van der Waals surface area contributed by atoms with E-state index >= 15 is 0 Å². The first-order valence-corrected chi connectivity index (χ1v) is 10.2. The van der Waals surface area contributed by atoms with Crippen LogP contribution < -0.4 is 15.4 Å². The van der Waals surface area contributed by atoms with Gasteiger partial charge in [-0.05, 0) is 31.0 Å². The number of rotatable bonds is 6. The summed E-state index contributed by atoms with van der Waals surface area (Å²) >= 11 is 0. The van der Waals surface area contributed by atoms with Gasteiger partial charge in [-0.25, -0.2) is 18.7 Å². The fraction of sp³-hybridized carbons (Fsp3) is 0.429. The standard InChI is InChI=1S/C21H22F5N5O3/c1-12-9-29-18(30-17-7-15(4-6-27-17)34-21(24,25)26)8-16(12)19(33)31-11-20(22,23)5-3-14(31)10-28-13(2)32/h4,6-9,14H,3,5,10-11H2,1-2H3,(H,28,32)(H,27,29,30)/t14-/m1/s1. The molecule has 2 aromatic rings. The van der Waals surface area contributed by atoms with Crippen LogP contribution in [0.15, 0.2) is 30.6 Å². The Hall–Kier alpha value is -3.51. The van der Waals surface area contributed by atoms with Gasteiger partial charge < -0.3 is 20.3 Å². The zero-order chi connectivity index (χ0) is 25.1. The van der Waals surface area contributed by atoms with Gasteiger partial charge in [-0.3, -0.25) is 9.59 Å². The Morgan fingerprint density at radius 1 is 1.24 bits per heavy atom. The molecule has 3 heterocycles. The van der Waals surface area contributed by atoms with Crippen molar-refractivity contribution in [3.63, 3.8) is 0 Å². The summed E-state index contributed by atoms with van der Waals surface area (Å²) in [6.45, 7) is 2.09. The number of likely N-dealkylation sites (tertiary alicyclic amines) is 1. The van der Waals surface area contributed by atoms with E-state index < -0.39 is 42.9 Å². The number of amides is 2. The minimum absolute atomic E-state index is 0.00414. The van der Waals surface area contributed by atoms with Gasteiger partial charge in [0, 0.05) is 50.0 Å². The smallest absolute Gasteiger partial charge is 0.406 e. The average molecular weight is 487 g/mol. The number of pyridine rings is 2. The monoisotopic (exact) mass is 487 g/mol. The molecule has 0 saturated carbocycles. The predicted molar refractivity (Wildman–Crippen MR) is 111 cm³/mol. The van der Waals surface area contributed by atoms with Gasteiger partial charge in [0.05, 0.1) is 6.54 Å². The average Bonchev–Trinajstić information content (AvgIpc) is 2.72. The van der Waals surface area contributed by atoms with Crippen molar-refractivity contribution < 1.29 is 36.3 Å². The molecule has 184 valence electrons. The molecular formula is C21H22F5N5O3. The van der Waals surface area contributed by atoms with Gasteiger partial charge in [-0.2, -0.15) is 0 Å². The molecule has 8 nitrogen and oxygen atoms in total. The molecule has 1 fully saturated rings. The highest BCUT2D eigenvalue weighted by Crippen LogP contribution is 2.32. The summed E-state index contributed by atoms with van der Waals surface area (Å²) in [6, 6.07) is 2.68. The second kappa shape index (κ2) is 9.77. The number of aryl methyl sites for hydroxylation is 1. The molecule has 2 N–H and O–H groups in total. The Labute approximate surface area is 191 Å². The van der Waals surface area contributed by atoms with E-state index in [0.717, 1.165) is 23.2 Å². The zero-order valence-corrected chi connectivity index (χ0v) is 18.2. The molecule has 0 aliphatic carbocycles. The molecule has 0 spiro atoms. The minimum Gasteiger partial charge on any atom is -0.406 e. The number of carbonyl (C=O) groups is 2. The van der Waals surface area contributed by atoms with E-state index in [0.29, 0.717) is 5.56 Å². The second-order valence-corrected chi connectivity index (χ2v) is 7.85. The lowest BCUT2D eigenvalue weighted by atomic mass is 9.97. The summed E-state index contributed by atoms with van der Waals surface area (Å²) in [7, 11) is 0. The second-order valence-electron chi connectivity index (χ2n) is 7.85. The highest BCUT2D eigenvalue weighted by atomic mass is 19.4. The number of anilines is 2. The van der Waals surface area contributed by atoms with Gasteiger partial charge in [0.25, 0.3) is 11.8 Å². The molecule has 1 aliphatic heterocycles. The third kappa shape index (κ3) is 6.75. The molecule has 13 heteroatoms. The maximum atomic E-state index is 14.1. The van der Waals surface area contributed by atoms with Crippen LogP contribution in [0, 0.1) is 6.92 Å². The molecule has 1 atom stereocenters. The van der Waals surface area contributed by atoms with E-state index in [4.69, 9.17) is 0 Å². The van der Waals surface area contributed by atoms with E-state index in [2.05, 4.69) is 25.3 Å². The summed E-state index contributed by atoms with van der Waals surface area (Å²) < 4.78 is 69.5. The number of aromatic nitrogens is 2. The van der Waals surface area contributed by atoms with E-state index in [-0.39, 0.29) is 36.1 Å². The normalized spacial score (nSPS) is 17.7. The summed E-state index contributed by atoms with van der Waals surface area (Å²) in [5, 5.41) is 5.23. The molecule has 2 aromatic heterocycles. The quantitative estimate of drug-likeness (QED) is 0.602. The number of hydrogen-bond acceptors (Lipinski definition) is 6. The number of nitrogens with one attached hydrogen (secondary N) is 2. The number of nitrogens with zero attached hydrogens (tertiary/aromatic N) is 3. The van der Waals surface area contributed by atoms with Crippen LogP contribution in [0.2, 0.25) is 0 Å². The number of carbonyl (C=O) groups excluding carboxylic acids is 2. The highest BCUT2D eigenvalue weighted by Gasteiger charge is 2.42. The zero-order valence-electron chi connectivity index (χ0n) is 18.2. The van der Waals surface area contributed by atoms with Gasteiger partial charge >= 0.3 is 6.36 Å². The van der Waals surface area contributed by atoms with Gasteiger partial charge in [0.2, 0.25) is 5.91 Å². The van der Waals surface area contributed by atoms with Crippen molar-refractivity contribution in [2.45, 2.75) is 45.0 Å². The molecule has 0 aromatic carbocycles. The molecule has 1 saturated heterocycles. The maximum Gasteiger partial charge on any atom is 0.573 e. The maximum absolute atomic E-state index is 14.1. The van der Waals surface area contributed by atoms with E-state index in [1.165, 1.54) is 19.2 Å². The molecular weight excluding hydrogens is 465 g/mol. The first-order valence-electron chi connectivity index (χ1n) is 10.2. The first kappa shape index (κ1) is 25.1. The lowest BCUT2D eigenvalue weighted by Gasteiger charge is -2.39. The largest absolute Gasteiger partial charge is 0.573 e. The summed E-state index contributed by atoms with van der Waals surface area (Å²) in [4.78, 5) is 33.5. The molecule has 34 heavy (non-hydrogen) atoms. The molecule has 2 amide bonds. The Morgan fingerprint density at radius 3 is 2.62 bits per heavy atom. The van der Waals surface area contributed by atoms with Crippen molar-refractivity contribution in [2.75, 3.05) is 18.4 Å². The number of ether oxygens (including phenoxy) is 1. The summed E-state index contributed by atoms with van der Waals surface area (Å²) in [6.07, 6.45) is -2.87. The first-order chi connectivity index (χ1) is 15.8. The third-order valence-electron chi connectivity index (χ3n) is 5.09. The van der Waals surface area contributed by atoms with Gasteiger partial charge in [0.1, 0.15) is 17.4 Å². The molecule has 1 aliphatic rings. The number of alkyl halides is 5. The van der Waals surface area contributed by atoms with Crippen molar-refractivity contribution in [3.8, 4) is 5.75 Å². The van der Waals surface area contributed by atoms with Crippen molar-refractivity contribution in [2.24, 2.45) is 0 Å². The predicted octanol–water partition coefficient (Wildman–Crippen LogP) is 3.80. The highest BCUT2D eigenvalue weighted by molar-refractivity contribution is 5.96. The van der Waals surface area contributed by atoms with Crippen LogP contribution in [-0.4, -0.2) is 58.1 Å². The third-order valence-corrected chi connectivity index (χ3v) is 5.09. The van der Waals surface area contributed by atoms with Crippen molar-refractivity contribution in [3.05, 3.63) is 41.7 Å². The van der Waals surface area contributed by atoms with Gasteiger partial charge in [-0.1, -0.05) is 0 Å². The number of halogens is 5. The topological polar surface area (TPSA) is 96.5 Å². The summed E-state index contributed by atoms with van der Waals surface area (Å²) in [5.41, 5.74) is 0.482. The number of hydrogen-bond donors (Lipinski definition) is 2. The van der Waals surface area contributed by atoms with E-state index in [9.17, 15) is 31.5 Å². The lowest BCUT2D eigenvalue weighted by Crippen LogP contribution is -2.55. The van der Waals surface area contributed by atoms with Crippen LogP contribution in [0.25, 0.3) is 0 Å². The molecule has 0 unspecified atom stereocenters. The van der Waals surface area contributed by atoms with E-state index in [1.54, 1.807) is 6.92 Å². The Kier molecular flexibility index (Phi) is 7.22. The van der Waals surface area contributed by atoms with Gasteiger partial charge in [0.15, 0.2) is 0 Å². The molecule has 0 radical (unpaired) electrons. The van der Waals surface area contributed by atoms with Crippen LogP contribution in [0.1, 0.15) is 35.7 Å².